The van der Waals surface area contributed by atoms with Crippen molar-refractivity contribution in [3.05, 3.63) is 70.8 Å². The number of benzene rings is 2. The van der Waals surface area contributed by atoms with Crippen molar-refractivity contribution in [3.63, 3.8) is 0 Å². The third kappa shape index (κ3) is 1.65. The summed E-state index contributed by atoms with van der Waals surface area (Å²) < 4.78 is 5.80. The van der Waals surface area contributed by atoms with Crippen molar-refractivity contribution < 1.29 is 9.53 Å². The smallest absolute Gasteiger partial charge is 0.332 e. The number of fused-ring (bicyclic) bond motifs is 3. The molecule has 2 aromatic carbocycles. The van der Waals surface area contributed by atoms with E-state index in [1.807, 2.05) is 30.3 Å². The van der Waals surface area contributed by atoms with Crippen molar-refractivity contribution in [2.24, 2.45) is 0 Å². The number of rotatable bonds is 1. The second kappa shape index (κ2) is 4.47. The van der Waals surface area contributed by atoms with E-state index < -0.39 is 5.60 Å². The number of anilines is 1. The fraction of sp³-hybridized carbons (Fsp3) is 0.211. The zero-order valence-electron chi connectivity index (χ0n) is 12.6. The van der Waals surface area contributed by atoms with Gasteiger partial charge < -0.3 is 10.1 Å². The van der Waals surface area contributed by atoms with Gasteiger partial charge >= 0.3 is 5.97 Å². The zero-order valence-corrected chi connectivity index (χ0v) is 12.6. The van der Waals surface area contributed by atoms with Crippen molar-refractivity contribution in [1.29, 1.82) is 0 Å². The van der Waals surface area contributed by atoms with Crippen LogP contribution in [0.15, 0.2) is 48.5 Å². The molecule has 2 aliphatic rings. The lowest BCUT2D eigenvalue weighted by atomic mass is 9.77. The van der Waals surface area contributed by atoms with Gasteiger partial charge in [0, 0.05) is 28.5 Å². The van der Waals surface area contributed by atoms with Crippen LogP contribution in [0.25, 0.3) is 5.57 Å². The number of carbonyl (C=O) groups excluding carboxylic acids is 1. The predicted molar refractivity (Wildman–Crippen MR) is 86.6 cm³/mol. The summed E-state index contributed by atoms with van der Waals surface area (Å²) in [7, 11) is 0. The lowest BCUT2D eigenvalue weighted by Gasteiger charge is -2.38. The topological polar surface area (TPSA) is 38.3 Å². The maximum atomic E-state index is 12.1. The van der Waals surface area contributed by atoms with Gasteiger partial charge in [0.2, 0.25) is 0 Å². The van der Waals surface area contributed by atoms with Crippen LogP contribution in [0.4, 0.5) is 5.69 Å². The average Bonchev–Trinajstić information content (AvgIpc) is 2.88. The summed E-state index contributed by atoms with van der Waals surface area (Å²) in [6.45, 7) is 4.72. The lowest BCUT2D eigenvalue weighted by Crippen LogP contribution is -2.40. The first-order chi connectivity index (χ1) is 10.6. The van der Waals surface area contributed by atoms with Crippen LogP contribution in [0.3, 0.4) is 0 Å². The Morgan fingerprint density at radius 1 is 1.05 bits per heavy atom. The molecule has 0 radical (unpaired) electrons. The highest BCUT2D eigenvalue weighted by atomic mass is 16.6. The third-order valence-electron chi connectivity index (χ3n) is 4.62. The SMILES string of the molecule is Cc1ccc(C)c2c1NCC1(c3ccccc3)OC(=O)C=C21. The summed E-state index contributed by atoms with van der Waals surface area (Å²) in [5.41, 5.74) is 5.80. The molecular weight excluding hydrogens is 274 g/mol. The highest BCUT2D eigenvalue weighted by Crippen LogP contribution is 2.50. The normalized spacial score (nSPS) is 22.3. The van der Waals surface area contributed by atoms with Crippen molar-refractivity contribution in [3.8, 4) is 0 Å². The second-order valence-electron chi connectivity index (χ2n) is 5.98. The van der Waals surface area contributed by atoms with E-state index in [1.165, 1.54) is 5.56 Å². The van der Waals surface area contributed by atoms with Crippen molar-refractivity contribution in [2.75, 3.05) is 11.9 Å². The van der Waals surface area contributed by atoms with Gasteiger partial charge in [-0.25, -0.2) is 4.79 Å². The van der Waals surface area contributed by atoms with Crippen LogP contribution in [-0.4, -0.2) is 12.5 Å². The maximum absolute atomic E-state index is 12.1. The molecule has 110 valence electrons. The van der Waals surface area contributed by atoms with Crippen molar-refractivity contribution in [1.82, 2.24) is 0 Å². The summed E-state index contributed by atoms with van der Waals surface area (Å²) in [5.74, 6) is -0.269. The highest BCUT2D eigenvalue weighted by Gasteiger charge is 2.48. The number of nitrogens with one attached hydrogen (secondary N) is 1. The fourth-order valence-corrected chi connectivity index (χ4v) is 3.52. The van der Waals surface area contributed by atoms with E-state index in [0.717, 1.165) is 28.0 Å². The maximum Gasteiger partial charge on any atom is 0.332 e. The number of aryl methyl sites for hydroxylation is 2. The van der Waals surface area contributed by atoms with Gasteiger partial charge in [0.1, 0.15) is 0 Å². The van der Waals surface area contributed by atoms with E-state index in [2.05, 4.69) is 31.3 Å². The fourth-order valence-electron chi connectivity index (χ4n) is 3.52. The largest absolute Gasteiger partial charge is 0.444 e. The van der Waals surface area contributed by atoms with Crippen LogP contribution < -0.4 is 5.32 Å². The minimum atomic E-state index is -0.718. The molecule has 22 heavy (non-hydrogen) atoms. The Morgan fingerprint density at radius 3 is 2.55 bits per heavy atom. The Morgan fingerprint density at radius 2 is 1.77 bits per heavy atom. The van der Waals surface area contributed by atoms with Gasteiger partial charge in [0.25, 0.3) is 0 Å². The minimum absolute atomic E-state index is 0.269. The molecule has 0 fully saturated rings. The molecule has 0 saturated carbocycles. The van der Waals surface area contributed by atoms with Crippen LogP contribution in [0, 0.1) is 13.8 Å². The molecule has 0 bridgehead atoms. The van der Waals surface area contributed by atoms with E-state index in [9.17, 15) is 4.79 Å². The second-order valence-corrected chi connectivity index (χ2v) is 5.98. The molecule has 0 saturated heterocycles. The average molecular weight is 291 g/mol. The summed E-state index contributed by atoms with van der Waals surface area (Å²) in [6, 6.07) is 14.2. The number of esters is 1. The van der Waals surface area contributed by atoms with E-state index >= 15 is 0 Å². The zero-order chi connectivity index (χ0) is 15.3. The van der Waals surface area contributed by atoms with Crippen LogP contribution in [-0.2, 0) is 15.1 Å². The van der Waals surface area contributed by atoms with Crippen LogP contribution in [0.1, 0.15) is 22.3 Å². The minimum Gasteiger partial charge on any atom is -0.444 e. The molecule has 2 aromatic rings. The van der Waals surface area contributed by atoms with E-state index in [0.29, 0.717) is 6.54 Å². The van der Waals surface area contributed by atoms with E-state index in [4.69, 9.17) is 4.74 Å². The highest BCUT2D eigenvalue weighted by molar-refractivity contribution is 6.03. The lowest BCUT2D eigenvalue weighted by molar-refractivity contribution is -0.145. The molecule has 0 aromatic heterocycles. The predicted octanol–water partition coefficient (Wildman–Crippen LogP) is 3.56. The first-order valence-corrected chi connectivity index (χ1v) is 7.47. The Hall–Kier alpha value is -2.55. The van der Waals surface area contributed by atoms with Crippen molar-refractivity contribution >= 4 is 17.2 Å². The Kier molecular flexibility index (Phi) is 2.67. The third-order valence-corrected chi connectivity index (χ3v) is 4.62. The Balaban J connectivity index is 1.99. The molecule has 0 spiro atoms. The number of hydrogen-bond acceptors (Lipinski definition) is 3. The van der Waals surface area contributed by atoms with Gasteiger partial charge in [-0.05, 0) is 25.0 Å². The molecule has 3 heteroatoms. The summed E-state index contributed by atoms with van der Waals surface area (Å²) >= 11 is 0. The molecule has 3 nitrogen and oxygen atoms in total. The molecular formula is C19H17NO2. The first kappa shape index (κ1) is 13.1. The van der Waals surface area contributed by atoms with E-state index in [-0.39, 0.29) is 5.97 Å². The molecule has 2 aliphatic heterocycles. The van der Waals surface area contributed by atoms with Gasteiger partial charge in [0.15, 0.2) is 5.60 Å². The molecule has 1 unspecified atom stereocenters. The molecule has 4 rings (SSSR count). The number of hydrogen-bond donors (Lipinski definition) is 1. The first-order valence-electron chi connectivity index (χ1n) is 7.47. The standard InChI is InChI=1S/C19H17NO2/c1-12-8-9-13(2)18-17(12)15-10-16(21)22-19(15,11-20-18)14-6-4-3-5-7-14/h3-10,20H,11H2,1-2H3. The molecule has 0 aliphatic carbocycles. The van der Waals surface area contributed by atoms with Gasteiger partial charge in [-0.1, -0.05) is 42.5 Å². The molecule has 1 N–H and O–H groups in total. The summed E-state index contributed by atoms with van der Waals surface area (Å²) in [4.78, 5) is 12.1. The molecule has 1 atom stereocenters. The van der Waals surface area contributed by atoms with Crippen molar-refractivity contribution in [2.45, 2.75) is 19.4 Å². The van der Waals surface area contributed by atoms with Crippen LogP contribution >= 0.6 is 0 Å². The summed E-state index contributed by atoms with van der Waals surface area (Å²) in [5, 5.41) is 3.48. The van der Waals surface area contributed by atoms with Gasteiger partial charge in [-0.15, -0.1) is 0 Å². The van der Waals surface area contributed by atoms with Gasteiger partial charge in [-0.3, -0.25) is 0 Å². The van der Waals surface area contributed by atoms with Crippen LogP contribution in [0.5, 0.6) is 0 Å². The van der Waals surface area contributed by atoms with Gasteiger partial charge in [0.05, 0.1) is 6.54 Å². The summed E-state index contributed by atoms with van der Waals surface area (Å²) in [6.07, 6.45) is 1.65. The Labute approximate surface area is 129 Å². The number of carbonyl (C=O) groups is 1. The van der Waals surface area contributed by atoms with Gasteiger partial charge in [-0.2, -0.15) is 0 Å². The Bertz CT molecular complexity index is 808. The molecule has 0 amide bonds. The quantitative estimate of drug-likeness (QED) is 0.816. The number of ether oxygens (including phenoxy) is 1. The molecule has 2 heterocycles. The van der Waals surface area contributed by atoms with E-state index in [1.54, 1.807) is 6.08 Å². The monoisotopic (exact) mass is 291 g/mol. The van der Waals surface area contributed by atoms with Crippen LogP contribution in [0.2, 0.25) is 0 Å².